The van der Waals surface area contributed by atoms with Crippen LogP contribution in [-0.4, -0.2) is 52.9 Å². The van der Waals surface area contributed by atoms with Crippen LogP contribution in [0.3, 0.4) is 0 Å². The van der Waals surface area contributed by atoms with Gasteiger partial charge in [-0.2, -0.15) is 0 Å². The molecule has 1 atom stereocenters. The van der Waals surface area contributed by atoms with Gasteiger partial charge in [-0.1, -0.05) is 6.92 Å². The smallest absolute Gasteiger partial charge is 0.243 e. The summed E-state index contributed by atoms with van der Waals surface area (Å²) in [4.78, 5) is 24.1. The van der Waals surface area contributed by atoms with E-state index in [4.69, 9.17) is 0 Å². The van der Waals surface area contributed by atoms with Crippen LogP contribution >= 0.6 is 22.7 Å². The third-order valence-corrected chi connectivity index (χ3v) is 6.34. The van der Waals surface area contributed by atoms with Gasteiger partial charge in [-0.15, -0.1) is 22.7 Å². The molecule has 3 heterocycles. The van der Waals surface area contributed by atoms with Crippen molar-refractivity contribution in [3.05, 3.63) is 33.5 Å². The lowest BCUT2D eigenvalue weighted by molar-refractivity contribution is -0.121. The molecule has 0 aliphatic carbocycles. The predicted molar refractivity (Wildman–Crippen MR) is 101 cm³/mol. The molecule has 7 heteroatoms. The summed E-state index contributed by atoms with van der Waals surface area (Å²) in [7, 11) is 0. The quantitative estimate of drug-likeness (QED) is 0.856. The van der Waals surface area contributed by atoms with Gasteiger partial charge in [0.1, 0.15) is 0 Å². The van der Waals surface area contributed by atoms with E-state index in [0.29, 0.717) is 5.13 Å². The zero-order valence-corrected chi connectivity index (χ0v) is 15.8. The monoisotopic (exact) mass is 364 g/mol. The second-order valence-corrected chi connectivity index (χ2v) is 8.18. The first kappa shape index (κ1) is 17.5. The number of aryl methyl sites for hydroxylation is 1. The van der Waals surface area contributed by atoms with Crippen LogP contribution in [0, 0.1) is 0 Å². The molecule has 1 aliphatic heterocycles. The molecular weight excluding hydrogens is 340 g/mol. The number of rotatable bonds is 6. The standard InChI is InChI=1S/C17H24N4OS2/c1-3-14-4-5-15(24-14)12-20-7-9-21(10-8-20)13(2)16(22)19-17-18-6-11-23-17/h4-6,11,13H,3,7-10,12H2,1-2H3,(H,18,19,22). The summed E-state index contributed by atoms with van der Waals surface area (Å²) in [6.45, 7) is 9.08. The summed E-state index contributed by atoms with van der Waals surface area (Å²) in [5.41, 5.74) is 0. The normalized spacial score (nSPS) is 17.8. The maximum atomic E-state index is 12.3. The van der Waals surface area contributed by atoms with Crippen molar-refractivity contribution >= 4 is 33.7 Å². The molecule has 130 valence electrons. The largest absolute Gasteiger partial charge is 0.301 e. The minimum Gasteiger partial charge on any atom is -0.301 e. The molecule has 2 aromatic rings. The van der Waals surface area contributed by atoms with Crippen molar-refractivity contribution in [3.8, 4) is 0 Å². The Morgan fingerprint density at radius 3 is 2.67 bits per heavy atom. The van der Waals surface area contributed by atoms with Gasteiger partial charge in [-0.25, -0.2) is 4.98 Å². The summed E-state index contributed by atoms with van der Waals surface area (Å²) < 4.78 is 0. The van der Waals surface area contributed by atoms with E-state index in [-0.39, 0.29) is 11.9 Å². The van der Waals surface area contributed by atoms with Crippen LogP contribution in [-0.2, 0) is 17.8 Å². The minimum absolute atomic E-state index is 0.0317. The van der Waals surface area contributed by atoms with Crippen LogP contribution in [0.25, 0.3) is 0 Å². The molecule has 0 saturated carbocycles. The highest BCUT2D eigenvalue weighted by Gasteiger charge is 2.26. The van der Waals surface area contributed by atoms with Gasteiger partial charge in [0.25, 0.3) is 0 Å². The topological polar surface area (TPSA) is 48.5 Å². The molecule has 1 aliphatic rings. The number of nitrogens with one attached hydrogen (secondary N) is 1. The van der Waals surface area contributed by atoms with Crippen molar-refractivity contribution in [2.45, 2.75) is 32.9 Å². The Morgan fingerprint density at radius 1 is 1.29 bits per heavy atom. The molecule has 1 fully saturated rings. The first-order valence-corrected chi connectivity index (χ1v) is 10.1. The van der Waals surface area contributed by atoms with Crippen molar-refractivity contribution < 1.29 is 4.79 Å². The van der Waals surface area contributed by atoms with E-state index < -0.39 is 0 Å². The number of piperazine rings is 1. The Hall–Kier alpha value is -1.28. The van der Waals surface area contributed by atoms with Crippen LogP contribution in [0.5, 0.6) is 0 Å². The van der Waals surface area contributed by atoms with Crippen molar-refractivity contribution in [3.63, 3.8) is 0 Å². The molecule has 1 amide bonds. The average molecular weight is 365 g/mol. The molecule has 0 bridgehead atoms. The molecule has 0 aromatic carbocycles. The Balaban J connectivity index is 1.46. The van der Waals surface area contributed by atoms with Crippen LogP contribution in [0.1, 0.15) is 23.6 Å². The highest BCUT2D eigenvalue weighted by Crippen LogP contribution is 2.20. The van der Waals surface area contributed by atoms with E-state index in [1.54, 1.807) is 6.20 Å². The zero-order chi connectivity index (χ0) is 16.9. The van der Waals surface area contributed by atoms with Gasteiger partial charge in [-0.05, 0) is 25.5 Å². The molecule has 1 saturated heterocycles. The lowest BCUT2D eigenvalue weighted by Gasteiger charge is -2.37. The molecule has 2 aromatic heterocycles. The number of carbonyl (C=O) groups is 1. The van der Waals surface area contributed by atoms with Gasteiger partial charge in [0, 0.05) is 54.1 Å². The number of thiazole rings is 1. The number of hydrogen-bond donors (Lipinski definition) is 1. The van der Waals surface area contributed by atoms with Gasteiger partial charge in [0.05, 0.1) is 6.04 Å². The van der Waals surface area contributed by atoms with Crippen LogP contribution < -0.4 is 5.32 Å². The van der Waals surface area contributed by atoms with Crippen molar-refractivity contribution in [1.29, 1.82) is 0 Å². The van der Waals surface area contributed by atoms with E-state index >= 15 is 0 Å². The average Bonchev–Trinajstić information content (AvgIpc) is 3.26. The number of anilines is 1. The summed E-state index contributed by atoms with van der Waals surface area (Å²) in [6.07, 6.45) is 2.82. The number of amides is 1. The first-order chi connectivity index (χ1) is 11.7. The maximum absolute atomic E-state index is 12.3. The molecule has 1 N–H and O–H groups in total. The third kappa shape index (κ3) is 4.42. The molecule has 0 spiro atoms. The van der Waals surface area contributed by atoms with E-state index in [1.807, 2.05) is 23.6 Å². The molecule has 5 nitrogen and oxygen atoms in total. The fourth-order valence-corrected chi connectivity index (χ4v) is 4.42. The summed E-state index contributed by atoms with van der Waals surface area (Å²) in [5.74, 6) is 0.0317. The summed E-state index contributed by atoms with van der Waals surface area (Å²) in [5, 5.41) is 5.44. The van der Waals surface area contributed by atoms with Gasteiger partial charge >= 0.3 is 0 Å². The van der Waals surface area contributed by atoms with Gasteiger partial charge in [0.15, 0.2) is 5.13 Å². The van der Waals surface area contributed by atoms with Crippen molar-refractivity contribution in [2.24, 2.45) is 0 Å². The van der Waals surface area contributed by atoms with E-state index in [9.17, 15) is 4.79 Å². The lowest BCUT2D eigenvalue weighted by atomic mass is 10.2. The molecule has 3 rings (SSSR count). The highest BCUT2D eigenvalue weighted by atomic mass is 32.1. The fourth-order valence-electron chi connectivity index (χ4n) is 2.89. The molecule has 1 unspecified atom stereocenters. The number of hydrogen-bond acceptors (Lipinski definition) is 6. The van der Waals surface area contributed by atoms with Crippen LogP contribution in [0.2, 0.25) is 0 Å². The van der Waals surface area contributed by atoms with Crippen molar-refractivity contribution in [1.82, 2.24) is 14.8 Å². The maximum Gasteiger partial charge on any atom is 0.243 e. The number of thiophene rings is 1. The van der Waals surface area contributed by atoms with Gasteiger partial charge in [0.2, 0.25) is 5.91 Å². The molecular formula is C17H24N4OS2. The Bertz CT molecular complexity index is 647. The van der Waals surface area contributed by atoms with Crippen LogP contribution in [0.15, 0.2) is 23.7 Å². The number of aromatic nitrogens is 1. The van der Waals surface area contributed by atoms with Crippen LogP contribution in [0.4, 0.5) is 5.13 Å². The highest BCUT2D eigenvalue weighted by molar-refractivity contribution is 7.13. The van der Waals surface area contributed by atoms with E-state index in [1.165, 1.54) is 21.1 Å². The van der Waals surface area contributed by atoms with Gasteiger partial charge in [-0.3, -0.25) is 14.6 Å². The fraction of sp³-hybridized carbons (Fsp3) is 0.529. The summed E-state index contributed by atoms with van der Waals surface area (Å²) >= 11 is 3.37. The zero-order valence-electron chi connectivity index (χ0n) is 14.2. The predicted octanol–water partition coefficient (Wildman–Crippen LogP) is 2.91. The first-order valence-electron chi connectivity index (χ1n) is 8.40. The van der Waals surface area contributed by atoms with Crippen molar-refractivity contribution in [2.75, 3.05) is 31.5 Å². The second-order valence-electron chi connectivity index (χ2n) is 6.04. The Kier molecular flexibility index (Phi) is 5.99. The lowest BCUT2D eigenvalue weighted by Crippen LogP contribution is -2.52. The molecule has 24 heavy (non-hydrogen) atoms. The Labute approximate surface area is 151 Å². The van der Waals surface area contributed by atoms with Gasteiger partial charge < -0.3 is 5.32 Å². The SMILES string of the molecule is CCc1ccc(CN2CCN(C(C)C(=O)Nc3nccs3)CC2)s1. The van der Waals surface area contributed by atoms with E-state index in [2.05, 4.69) is 39.2 Å². The summed E-state index contributed by atoms with van der Waals surface area (Å²) in [6, 6.07) is 4.37. The Morgan fingerprint density at radius 2 is 2.04 bits per heavy atom. The van der Waals surface area contributed by atoms with E-state index in [0.717, 1.165) is 39.1 Å². The second kappa shape index (κ2) is 8.20. The third-order valence-electron chi connectivity index (χ3n) is 4.44. The molecule has 0 radical (unpaired) electrons. The minimum atomic E-state index is -0.121. The number of carbonyl (C=O) groups excluding carboxylic acids is 1. The number of nitrogens with zero attached hydrogens (tertiary/aromatic N) is 3.